The fraction of sp³-hybridized carbons (Fsp3) is 0.267. The van der Waals surface area contributed by atoms with E-state index < -0.39 is 0 Å². The Morgan fingerprint density at radius 2 is 2.11 bits per heavy atom. The number of aromatic nitrogens is 1. The summed E-state index contributed by atoms with van der Waals surface area (Å²) in [5, 5.41) is 4.16. The van der Waals surface area contributed by atoms with E-state index in [1.165, 1.54) is 5.56 Å². The lowest BCUT2D eigenvalue weighted by molar-refractivity contribution is 0.676. The van der Waals surface area contributed by atoms with Gasteiger partial charge < -0.3 is 5.32 Å². The molecule has 0 aliphatic rings. The van der Waals surface area contributed by atoms with Crippen LogP contribution < -0.4 is 5.32 Å². The number of nitrogens with one attached hydrogen (secondary N) is 1. The van der Waals surface area contributed by atoms with Gasteiger partial charge in [-0.05, 0) is 42.8 Å². The maximum Gasteiger partial charge on any atom is 0.0705 e. The van der Waals surface area contributed by atoms with Gasteiger partial charge in [-0.25, -0.2) is 0 Å². The quantitative estimate of drug-likeness (QED) is 0.825. The van der Waals surface area contributed by atoms with Crippen molar-refractivity contribution in [3.63, 3.8) is 0 Å². The Bertz CT molecular complexity index is 497. The molecule has 1 aromatic carbocycles. The summed E-state index contributed by atoms with van der Waals surface area (Å²) < 4.78 is 0. The van der Waals surface area contributed by atoms with Crippen LogP contribution in [0.15, 0.2) is 42.6 Å². The Hall–Kier alpha value is -1.38. The highest BCUT2D eigenvalue weighted by molar-refractivity contribution is 6.30. The average molecular weight is 261 g/mol. The van der Waals surface area contributed by atoms with Crippen molar-refractivity contribution in [2.75, 3.05) is 6.54 Å². The van der Waals surface area contributed by atoms with Crippen LogP contribution in [0.2, 0.25) is 5.02 Å². The minimum Gasteiger partial charge on any atom is -0.313 e. The van der Waals surface area contributed by atoms with Gasteiger partial charge in [-0.1, -0.05) is 30.7 Å². The molecule has 0 atom stereocenters. The molecule has 0 unspecified atom stereocenters. The van der Waals surface area contributed by atoms with Gasteiger partial charge in [0, 0.05) is 23.3 Å². The van der Waals surface area contributed by atoms with Gasteiger partial charge in [0.2, 0.25) is 0 Å². The highest BCUT2D eigenvalue weighted by Crippen LogP contribution is 2.25. The first-order valence-corrected chi connectivity index (χ1v) is 6.59. The summed E-state index contributed by atoms with van der Waals surface area (Å²) in [6.45, 7) is 4.02. The summed E-state index contributed by atoms with van der Waals surface area (Å²) >= 11 is 6.08. The summed E-state index contributed by atoms with van der Waals surface area (Å²) in [6, 6.07) is 11.9. The largest absolute Gasteiger partial charge is 0.313 e. The normalized spacial score (nSPS) is 10.6. The summed E-state index contributed by atoms with van der Waals surface area (Å²) in [5.41, 5.74) is 3.30. The SMILES string of the molecule is CCCNCc1ccc(Cl)cc1-c1ccccn1. The first-order valence-electron chi connectivity index (χ1n) is 6.22. The molecule has 0 bridgehead atoms. The molecule has 0 fully saturated rings. The minimum atomic E-state index is 0.745. The number of hydrogen-bond donors (Lipinski definition) is 1. The summed E-state index contributed by atoms with van der Waals surface area (Å²) in [7, 11) is 0. The Morgan fingerprint density at radius 1 is 1.22 bits per heavy atom. The van der Waals surface area contributed by atoms with Gasteiger partial charge in [-0.2, -0.15) is 0 Å². The first kappa shape index (κ1) is 13.1. The van der Waals surface area contributed by atoms with Gasteiger partial charge in [0.1, 0.15) is 0 Å². The van der Waals surface area contributed by atoms with Crippen LogP contribution in [-0.4, -0.2) is 11.5 Å². The second-order valence-electron chi connectivity index (χ2n) is 4.19. The molecule has 2 nitrogen and oxygen atoms in total. The van der Waals surface area contributed by atoms with Crippen molar-refractivity contribution < 1.29 is 0 Å². The second kappa shape index (κ2) is 6.53. The number of nitrogens with zero attached hydrogens (tertiary/aromatic N) is 1. The van der Waals surface area contributed by atoms with Crippen molar-refractivity contribution in [2.24, 2.45) is 0 Å². The van der Waals surface area contributed by atoms with Gasteiger partial charge in [-0.3, -0.25) is 4.98 Å². The number of pyridine rings is 1. The third kappa shape index (κ3) is 3.31. The molecule has 0 spiro atoms. The Balaban J connectivity index is 2.29. The average Bonchev–Trinajstić information content (AvgIpc) is 2.41. The molecule has 0 aliphatic heterocycles. The molecule has 0 aliphatic carbocycles. The van der Waals surface area contributed by atoms with E-state index >= 15 is 0 Å². The molecule has 0 amide bonds. The number of benzene rings is 1. The lowest BCUT2D eigenvalue weighted by Crippen LogP contribution is -2.14. The van der Waals surface area contributed by atoms with Crippen LogP contribution >= 0.6 is 11.6 Å². The summed E-state index contributed by atoms with van der Waals surface area (Å²) in [5.74, 6) is 0. The van der Waals surface area contributed by atoms with E-state index in [1.807, 2.05) is 30.3 Å². The maximum atomic E-state index is 6.08. The van der Waals surface area contributed by atoms with Gasteiger partial charge in [-0.15, -0.1) is 0 Å². The molecule has 2 rings (SSSR count). The highest BCUT2D eigenvalue weighted by atomic mass is 35.5. The number of halogens is 1. The van der Waals surface area contributed by atoms with E-state index in [4.69, 9.17) is 11.6 Å². The molecule has 3 heteroatoms. The first-order chi connectivity index (χ1) is 8.81. The van der Waals surface area contributed by atoms with Crippen molar-refractivity contribution in [2.45, 2.75) is 19.9 Å². The minimum absolute atomic E-state index is 0.745. The zero-order valence-electron chi connectivity index (χ0n) is 10.5. The van der Waals surface area contributed by atoms with Crippen molar-refractivity contribution >= 4 is 11.6 Å². The van der Waals surface area contributed by atoms with Crippen LogP contribution in [0, 0.1) is 0 Å². The number of hydrogen-bond acceptors (Lipinski definition) is 2. The molecule has 0 saturated carbocycles. The van der Waals surface area contributed by atoms with E-state index in [1.54, 1.807) is 6.20 Å². The van der Waals surface area contributed by atoms with Crippen molar-refractivity contribution in [1.82, 2.24) is 10.3 Å². The second-order valence-corrected chi connectivity index (χ2v) is 4.63. The standard InChI is InChI=1S/C15H17ClN2/c1-2-8-17-11-12-6-7-13(16)10-14(12)15-5-3-4-9-18-15/h3-7,9-10,17H,2,8,11H2,1H3. The smallest absolute Gasteiger partial charge is 0.0705 e. The fourth-order valence-corrected chi connectivity index (χ4v) is 2.04. The Kier molecular flexibility index (Phi) is 4.73. The predicted molar refractivity (Wildman–Crippen MR) is 76.7 cm³/mol. The molecule has 2 aromatic rings. The van der Waals surface area contributed by atoms with Crippen LogP contribution in [0.3, 0.4) is 0 Å². The van der Waals surface area contributed by atoms with Gasteiger partial charge in [0.05, 0.1) is 5.69 Å². The zero-order valence-corrected chi connectivity index (χ0v) is 11.2. The fourth-order valence-electron chi connectivity index (χ4n) is 1.86. The Morgan fingerprint density at radius 3 is 2.83 bits per heavy atom. The molecule has 94 valence electrons. The van der Waals surface area contributed by atoms with Crippen LogP contribution in [0.4, 0.5) is 0 Å². The van der Waals surface area contributed by atoms with Crippen LogP contribution in [0.25, 0.3) is 11.3 Å². The molecule has 0 saturated heterocycles. The Labute approximate surface area is 113 Å². The number of rotatable bonds is 5. The van der Waals surface area contributed by atoms with Gasteiger partial charge >= 0.3 is 0 Å². The van der Waals surface area contributed by atoms with E-state index in [-0.39, 0.29) is 0 Å². The van der Waals surface area contributed by atoms with E-state index in [0.29, 0.717) is 0 Å². The van der Waals surface area contributed by atoms with E-state index in [9.17, 15) is 0 Å². The summed E-state index contributed by atoms with van der Waals surface area (Å²) in [4.78, 5) is 4.39. The van der Waals surface area contributed by atoms with E-state index in [2.05, 4.69) is 23.3 Å². The molecule has 1 N–H and O–H groups in total. The van der Waals surface area contributed by atoms with Gasteiger partial charge in [0.15, 0.2) is 0 Å². The lowest BCUT2D eigenvalue weighted by atomic mass is 10.0. The zero-order chi connectivity index (χ0) is 12.8. The van der Waals surface area contributed by atoms with Crippen LogP contribution in [0.5, 0.6) is 0 Å². The third-order valence-corrected chi connectivity index (χ3v) is 2.99. The van der Waals surface area contributed by atoms with Crippen molar-refractivity contribution in [1.29, 1.82) is 0 Å². The molecular formula is C15H17ClN2. The molecule has 1 heterocycles. The monoisotopic (exact) mass is 260 g/mol. The highest BCUT2D eigenvalue weighted by Gasteiger charge is 2.06. The molecule has 1 aromatic heterocycles. The topological polar surface area (TPSA) is 24.9 Å². The van der Waals surface area contributed by atoms with Crippen molar-refractivity contribution in [3.05, 3.63) is 53.2 Å². The molecular weight excluding hydrogens is 244 g/mol. The van der Waals surface area contributed by atoms with Crippen molar-refractivity contribution in [3.8, 4) is 11.3 Å². The predicted octanol–water partition coefficient (Wildman–Crippen LogP) is 3.90. The molecule has 18 heavy (non-hydrogen) atoms. The van der Waals surface area contributed by atoms with Crippen LogP contribution in [0.1, 0.15) is 18.9 Å². The van der Waals surface area contributed by atoms with Gasteiger partial charge in [0.25, 0.3) is 0 Å². The summed E-state index contributed by atoms with van der Waals surface area (Å²) in [6.07, 6.45) is 2.94. The maximum absolute atomic E-state index is 6.08. The lowest BCUT2D eigenvalue weighted by Gasteiger charge is -2.10. The van der Waals surface area contributed by atoms with Crippen LogP contribution in [-0.2, 0) is 6.54 Å². The third-order valence-electron chi connectivity index (χ3n) is 2.75. The van der Waals surface area contributed by atoms with E-state index in [0.717, 1.165) is 35.8 Å². The molecule has 0 radical (unpaired) electrons.